The largest absolute Gasteiger partial charge is 0.308 e. The normalized spacial score (nSPS) is 13.0. The van der Waals surface area contributed by atoms with Crippen LogP contribution in [0, 0.1) is 0 Å². The number of benzene rings is 7. The molecule has 182 valence electrons. The smallest absolute Gasteiger partial charge is 0.0626 e. The van der Waals surface area contributed by atoms with Crippen molar-refractivity contribution in [1.29, 1.82) is 0 Å². The van der Waals surface area contributed by atoms with Gasteiger partial charge in [0.05, 0.1) is 33.1 Å². The second-order valence-corrected chi connectivity index (χ2v) is 11.3. The van der Waals surface area contributed by atoms with E-state index in [0.29, 0.717) is 0 Å². The van der Waals surface area contributed by atoms with Crippen LogP contribution in [0.5, 0.6) is 0 Å². The maximum atomic E-state index is 2.52. The first-order valence-corrected chi connectivity index (χ1v) is 14.0. The van der Waals surface area contributed by atoms with Crippen molar-refractivity contribution < 1.29 is 0 Å². The third kappa shape index (κ3) is 2.04. The summed E-state index contributed by atoms with van der Waals surface area (Å²) in [5.41, 5.74) is 7.77. The molecule has 0 aliphatic heterocycles. The van der Waals surface area contributed by atoms with Crippen LogP contribution in [0.25, 0.3) is 97.7 Å². The molecule has 2 heteroatoms. The van der Waals surface area contributed by atoms with Crippen molar-refractivity contribution in [1.82, 2.24) is 8.80 Å². The highest BCUT2D eigenvalue weighted by Crippen LogP contribution is 2.47. The third-order valence-electron chi connectivity index (χ3n) is 9.50. The standard InChI is InChI=1S/C38H20N2/c1-3-11-23-21(9-1)17-29-27-19-28-30-18-22-10-2-4-12-24(22)36-26-14-6-8-16-32(26)40(38(30)36)34(28)20-33(27)39-31-15-7-5-13-25(31)35(23)37(29)39/h1-20H. The van der Waals surface area contributed by atoms with E-state index in [1.807, 2.05) is 0 Å². The molecular weight excluding hydrogens is 484 g/mol. The number of fused-ring (bicyclic) bond motifs is 16. The lowest BCUT2D eigenvalue weighted by Crippen LogP contribution is -1.83. The van der Waals surface area contributed by atoms with E-state index in [9.17, 15) is 0 Å². The number of para-hydroxylation sites is 2. The maximum Gasteiger partial charge on any atom is 0.0626 e. The molecule has 0 saturated heterocycles. The Labute approximate surface area is 227 Å². The van der Waals surface area contributed by atoms with Crippen molar-refractivity contribution in [3.63, 3.8) is 0 Å². The topological polar surface area (TPSA) is 8.82 Å². The molecule has 2 nitrogen and oxygen atoms in total. The van der Waals surface area contributed by atoms with Crippen LogP contribution in [0.2, 0.25) is 0 Å². The van der Waals surface area contributed by atoms with E-state index in [-0.39, 0.29) is 0 Å². The van der Waals surface area contributed by atoms with Crippen LogP contribution in [-0.4, -0.2) is 8.80 Å². The summed E-state index contributed by atoms with van der Waals surface area (Å²) in [6.45, 7) is 0. The Hall–Kier alpha value is -5.34. The van der Waals surface area contributed by atoms with Gasteiger partial charge < -0.3 is 8.80 Å². The molecule has 0 N–H and O–H groups in total. The van der Waals surface area contributed by atoms with Gasteiger partial charge in [0.1, 0.15) is 0 Å². The number of aromatic nitrogens is 2. The summed E-state index contributed by atoms with van der Waals surface area (Å²) in [7, 11) is 0. The minimum atomic E-state index is 1.28. The van der Waals surface area contributed by atoms with Gasteiger partial charge in [0.15, 0.2) is 0 Å². The SMILES string of the molecule is c1ccc2c(c1)cc1c3cc4c5cc6ccccc6c6c7ccccc7n(c4cc3n3c4ccccc4c2c13)c56. The molecule has 0 bridgehead atoms. The second-order valence-electron chi connectivity index (χ2n) is 11.3. The lowest BCUT2D eigenvalue weighted by Gasteiger charge is -2.04. The van der Waals surface area contributed by atoms with Crippen LogP contribution in [0.1, 0.15) is 0 Å². The van der Waals surface area contributed by atoms with Crippen LogP contribution in [-0.2, 0) is 0 Å². The Balaban J connectivity index is 1.48. The lowest BCUT2D eigenvalue weighted by molar-refractivity contribution is 1.35. The van der Waals surface area contributed by atoms with Gasteiger partial charge in [-0.3, -0.25) is 0 Å². The summed E-state index contributed by atoms with van der Waals surface area (Å²) in [5.74, 6) is 0. The van der Waals surface area contributed by atoms with E-state index in [0.717, 1.165) is 0 Å². The Morgan fingerprint density at radius 3 is 1.23 bits per heavy atom. The van der Waals surface area contributed by atoms with Gasteiger partial charge in [-0.2, -0.15) is 0 Å². The molecule has 0 spiro atoms. The van der Waals surface area contributed by atoms with Crippen LogP contribution < -0.4 is 0 Å². The van der Waals surface area contributed by atoms with Crippen LogP contribution in [0.4, 0.5) is 0 Å². The fourth-order valence-electron chi connectivity index (χ4n) is 7.97. The van der Waals surface area contributed by atoms with Gasteiger partial charge in [-0.05, 0) is 57.9 Å². The Kier molecular flexibility index (Phi) is 3.17. The van der Waals surface area contributed by atoms with E-state index in [1.165, 1.54) is 97.7 Å². The van der Waals surface area contributed by atoms with E-state index in [4.69, 9.17) is 0 Å². The molecule has 0 aliphatic rings. The molecular formula is C38H20N2. The van der Waals surface area contributed by atoms with Crippen LogP contribution >= 0.6 is 0 Å². The molecule has 0 amide bonds. The van der Waals surface area contributed by atoms with Gasteiger partial charge >= 0.3 is 0 Å². The Bertz CT molecular complexity index is 2670. The average Bonchev–Trinajstić information content (AvgIpc) is 3.72. The fourth-order valence-corrected chi connectivity index (χ4v) is 7.97. The molecule has 0 radical (unpaired) electrons. The number of rotatable bonds is 0. The molecule has 0 unspecified atom stereocenters. The Morgan fingerprint density at radius 1 is 0.300 bits per heavy atom. The van der Waals surface area contributed by atoms with Crippen molar-refractivity contribution in [2.75, 3.05) is 0 Å². The van der Waals surface area contributed by atoms with E-state index >= 15 is 0 Å². The van der Waals surface area contributed by atoms with Gasteiger partial charge in [0.25, 0.3) is 0 Å². The van der Waals surface area contributed by atoms with E-state index in [1.54, 1.807) is 0 Å². The van der Waals surface area contributed by atoms with Crippen molar-refractivity contribution in [2.24, 2.45) is 0 Å². The van der Waals surface area contributed by atoms with Gasteiger partial charge in [-0.15, -0.1) is 0 Å². The van der Waals surface area contributed by atoms with Gasteiger partial charge in [0.2, 0.25) is 0 Å². The first kappa shape index (κ1) is 19.7. The van der Waals surface area contributed by atoms with Crippen molar-refractivity contribution in [3.8, 4) is 0 Å². The summed E-state index contributed by atoms with van der Waals surface area (Å²) in [6.07, 6.45) is 0. The second kappa shape index (κ2) is 6.44. The zero-order valence-corrected chi connectivity index (χ0v) is 21.4. The zero-order valence-electron chi connectivity index (χ0n) is 21.4. The highest BCUT2D eigenvalue weighted by atomic mass is 14.9. The van der Waals surface area contributed by atoms with Crippen LogP contribution in [0.3, 0.4) is 0 Å². The predicted molar refractivity (Wildman–Crippen MR) is 171 cm³/mol. The first-order chi connectivity index (χ1) is 19.9. The summed E-state index contributed by atoms with van der Waals surface area (Å²) in [5, 5.41) is 15.9. The summed E-state index contributed by atoms with van der Waals surface area (Å²) < 4.78 is 5.04. The number of nitrogens with zero attached hydrogens (tertiary/aromatic N) is 2. The van der Waals surface area contributed by atoms with Gasteiger partial charge in [-0.25, -0.2) is 0 Å². The van der Waals surface area contributed by atoms with Gasteiger partial charge in [0, 0.05) is 43.1 Å². The average molecular weight is 505 g/mol. The zero-order chi connectivity index (χ0) is 25.7. The lowest BCUT2D eigenvalue weighted by atomic mass is 9.98. The molecule has 0 saturated carbocycles. The van der Waals surface area contributed by atoms with Crippen molar-refractivity contribution >= 4 is 97.7 Å². The fraction of sp³-hybridized carbons (Fsp3) is 0. The summed E-state index contributed by atoms with van der Waals surface area (Å²) >= 11 is 0. The minimum absolute atomic E-state index is 1.28. The molecule has 11 rings (SSSR count). The van der Waals surface area contributed by atoms with Crippen molar-refractivity contribution in [3.05, 3.63) is 121 Å². The summed E-state index contributed by atoms with van der Waals surface area (Å²) in [4.78, 5) is 0. The molecule has 40 heavy (non-hydrogen) atoms. The highest BCUT2D eigenvalue weighted by molar-refractivity contribution is 6.35. The molecule has 11 aromatic rings. The van der Waals surface area contributed by atoms with Crippen molar-refractivity contribution in [2.45, 2.75) is 0 Å². The molecule has 0 atom stereocenters. The molecule has 7 aromatic carbocycles. The van der Waals surface area contributed by atoms with Crippen LogP contribution in [0.15, 0.2) is 121 Å². The molecule has 4 heterocycles. The summed E-state index contributed by atoms with van der Waals surface area (Å²) in [6, 6.07) is 45.3. The first-order valence-electron chi connectivity index (χ1n) is 14.0. The Morgan fingerprint density at radius 2 is 0.725 bits per heavy atom. The quantitative estimate of drug-likeness (QED) is 0.194. The monoisotopic (exact) mass is 504 g/mol. The molecule has 4 aromatic heterocycles. The molecule has 0 aliphatic carbocycles. The third-order valence-corrected chi connectivity index (χ3v) is 9.50. The van der Waals surface area contributed by atoms with E-state index in [2.05, 4.69) is 130 Å². The minimum Gasteiger partial charge on any atom is -0.308 e. The maximum absolute atomic E-state index is 2.52. The number of hydrogen-bond acceptors (Lipinski definition) is 0. The van der Waals surface area contributed by atoms with E-state index < -0.39 is 0 Å². The number of hydrogen-bond donors (Lipinski definition) is 0. The predicted octanol–water partition coefficient (Wildman–Crippen LogP) is 10.3. The highest BCUT2D eigenvalue weighted by Gasteiger charge is 2.24. The molecule has 0 fully saturated rings. The van der Waals surface area contributed by atoms with Gasteiger partial charge in [-0.1, -0.05) is 84.9 Å².